The zero-order valence-corrected chi connectivity index (χ0v) is 19.6. The van der Waals surface area contributed by atoms with Crippen molar-refractivity contribution >= 4 is 45.8 Å². The lowest BCUT2D eigenvalue weighted by Crippen LogP contribution is -2.43. The molecule has 1 saturated heterocycles. The SMILES string of the molecule is O=C(Nc1ccc(Cl)c(C(=O)c2ccc3ncc(N4CCNCC4)nc3c2)c1F)c1ccc(F)cc1. The summed E-state index contributed by atoms with van der Waals surface area (Å²) in [7, 11) is 0. The first kappa shape index (κ1) is 23.8. The molecular formula is C26H20ClF2N5O2. The fraction of sp³-hybridized carbons (Fsp3) is 0.154. The van der Waals surface area contributed by atoms with Gasteiger partial charge in [-0.25, -0.2) is 13.8 Å². The molecule has 3 aromatic carbocycles. The molecule has 0 aliphatic carbocycles. The standard InChI is InChI=1S/C26H20ClF2N5O2/c27-18-6-8-20(33-26(36)15-1-4-17(28)5-2-15)24(29)23(18)25(35)16-3-7-19-21(13-16)32-22(14-31-19)34-11-9-30-10-12-34/h1-8,13-14,30H,9-12H2,(H,33,36). The Morgan fingerprint density at radius 1 is 0.944 bits per heavy atom. The Kier molecular flexibility index (Phi) is 6.58. The van der Waals surface area contributed by atoms with Crippen LogP contribution in [0.1, 0.15) is 26.3 Å². The van der Waals surface area contributed by atoms with E-state index in [1.807, 2.05) is 0 Å². The predicted octanol–water partition coefficient (Wildman–Crippen LogP) is 4.45. The minimum absolute atomic E-state index is 0.0990. The van der Waals surface area contributed by atoms with Gasteiger partial charge in [0.05, 0.1) is 33.5 Å². The van der Waals surface area contributed by atoms with Crippen LogP contribution < -0.4 is 15.5 Å². The van der Waals surface area contributed by atoms with Crippen LogP contribution in [-0.2, 0) is 0 Å². The molecule has 7 nitrogen and oxygen atoms in total. The van der Waals surface area contributed by atoms with E-state index >= 15 is 4.39 Å². The van der Waals surface area contributed by atoms with Crippen molar-refractivity contribution in [2.75, 3.05) is 36.4 Å². The van der Waals surface area contributed by atoms with Crippen LogP contribution in [0.2, 0.25) is 5.02 Å². The van der Waals surface area contributed by atoms with Crippen molar-refractivity contribution in [3.8, 4) is 0 Å². The van der Waals surface area contributed by atoms with E-state index in [-0.39, 0.29) is 27.4 Å². The topological polar surface area (TPSA) is 87.2 Å². The molecule has 2 N–H and O–H groups in total. The van der Waals surface area contributed by atoms with Crippen LogP contribution in [0.25, 0.3) is 11.0 Å². The molecule has 2 heterocycles. The minimum atomic E-state index is -0.969. The summed E-state index contributed by atoms with van der Waals surface area (Å²) in [4.78, 5) is 37.0. The normalized spacial score (nSPS) is 13.6. The second-order valence-corrected chi connectivity index (χ2v) is 8.65. The fourth-order valence-corrected chi connectivity index (χ4v) is 4.22. The number of hydrogen-bond donors (Lipinski definition) is 2. The Hall–Kier alpha value is -3.95. The number of fused-ring (bicyclic) bond motifs is 1. The second-order valence-electron chi connectivity index (χ2n) is 8.24. The molecule has 1 aliphatic heterocycles. The minimum Gasteiger partial charge on any atom is -0.353 e. The van der Waals surface area contributed by atoms with E-state index in [0.717, 1.165) is 38.3 Å². The Morgan fingerprint density at radius 3 is 2.42 bits per heavy atom. The molecule has 182 valence electrons. The average molecular weight is 508 g/mol. The molecule has 5 rings (SSSR count). The van der Waals surface area contributed by atoms with Crippen molar-refractivity contribution < 1.29 is 18.4 Å². The van der Waals surface area contributed by atoms with Crippen molar-refractivity contribution in [3.63, 3.8) is 0 Å². The van der Waals surface area contributed by atoms with Crippen molar-refractivity contribution in [1.29, 1.82) is 0 Å². The van der Waals surface area contributed by atoms with Gasteiger partial charge in [0.25, 0.3) is 5.91 Å². The van der Waals surface area contributed by atoms with Crippen LogP contribution in [0, 0.1) is 11.6 Å². The highest BCUT2D eigenvalue weighted by atomic mass is 35.5. The van der Waals surface area contributed by atoms with E-state index in [1.54, 1.807) is 18.3 Å². The van der Waals surface area contributed by atoms with E-state index in [2.05, 4.69) is 25.5 Å². The molecule has 0 saturated carbocycles. The molecule has 10 heteroatoms. The van der Waals surface area contributed by atoms with Crippen molar-refractivity contribution in [1.82, 2.24) is 15.3 Å². The average Bonchev–Trinajstić information content (AvgIpc) is 2.90. The summed E-state index contributed by atoms with van der Waals surface area (Å²) in [6, 6.07) is 12.1. The van der Waals surface area contributed by atoms with Gasteiger partial charge in [0.1, 0.15) is 11.6 Å². The first-order valence-electron chi connectivity index (χ1n) is 11.2. The largest absolute Gasteiger partial charge is 0.353 e. The van der Waals surface area contributed by atoms with Gasteiger partial charge in [-0.1, -0.05) is 11.6 Å². The number of hydrogen-bond acceptors (Lipinski definition) is 6. The molecule has 1 fully saturated rings. The molecule has 1 aromatic heterocycles. The number of nitrogens with zero attached hydrogens (tertiary/aromatic N) is 3. The number of aromatic nitrogens is 2. The molecule has 36 heavy (non-hydrogen) atoms. The first-order chi connectivity index (χ1) is 17.4. The number of amides is 1. The molecule has 0 radical (unpaired) electrons. The van der Waals surface area contributed by atoms with Crippen molar-refractivity contribution in [3.05, 3.63) is 94.1 Å². The summed E-state index contributed by atoms with van der Waals surface area (Å²) >= 11 is 6.21. The highest BCUT2D eigenvalue weighted by Crippen LogP contribution is 2.29. The Bertz CT molecular complexity index is 1470. The predicted molar refractivity (Wildman–Crippen MR) is 134 cm³/mol. The van der Waals surface area contributed by atoms with Crippen LogP contribution in [-0.4, -0.2) is 47.8 Å². The van der Waals surface area contributed by atoms with E-state index in [9.17, 15) is 14.0 Å². The molecule has 4 aromatic rings. The number of anilines is 2. The van der Waals surface area contributed by atoms with Gasteiger partial charge in [0, 0.05) is 37.3 Å². The summed E-state index contributed by atoms with van der Waals surface area (Å²) in [6.07, 6.45) is 1.69. The third-order valence-corrected chi connectivity index (χ3v) is 6.22. The Labute approximate surface area is 210 Å². The summed E-state index contributed by atoms with van der Waals surface area (Å²) in [5.74, 6) is -2.09. The number of piperazine rings is 1. The van der Waals surface area contributed by atoms with Gasteiger partial charge in [-0.3, -0.25) is 14.6 Å². The maximum absolute atomic E-state index is 15.4. The van der Waals surface area contributed by atoms with Gasteiger partial charge in [-0.15, -0.1) is 0 Å². The van der Waals surface area contributed by atoms with E-state index in [1.165, 1.54) is 30.3 Å². The monoisotopic (exact) mass is 507 g/mol. The number of carbonyl (C=O) groups is 2. The molecule has 0 unspecified atom stereocenters. The molecule has 1 amide bonds. The second kappa shape index (κ2) is 9.96. The summed E-state index contributed by atoms with van der Waals surface area (Å²) in [5.41, 5.74) is 0.799. The maximum atomic E-state index is 15.4. The highest BCUT2D eigenvalue weighted by molar-refractivity contribution is 6.35. The Balaban J connectivity index is 1.45. The molecule has 0 spiro atoms. The highest BCUT2D eigenvalue weighted by Gasteiger charge is 2.23. The number of nitrogens with one attached hydrogen (secondary N) is 2. The van der Waals surface area contributed by atoms with Crippen LogP contribution in [0.4, 0.5) is 20.3 Å². The number of halogens is 3. The quantitative estimate of drug-likeness (QED) is 0.388. The third-order valence-electron chi connectivity index (χ3n) is 5.91. The summed E-state index contributed by atoms with van der Waals surface area (Å²) in [6.45, 7) is 3.25. The van der Waals surface area contributed by atoms with Crippen LogP contribution in [0.5, 0.6) is 0 Å². The van der Waals surface area contributed by atoms with E-state index in [0.29, 0.717) is 16.9 Å². The summed E-state index contributed by atoms with van der Waals surface area (Å²) in [5, 5.41) is 5.59. The van der Waals surface area contributed by atoms with Gasteiger partial charge in [0.15, 0.2) is 11.6 Å². The number of carbonyl (C=O) groups excluding carboxylic acids is 2. The Morgan fingerprint density at radius 2 is 1.67 bits per heavy atom. The molecule has 0 bridgehead atoms. The number of rotatable bonds is 5. The lowest BCUT2D eigenvalue weighted by molar-refractivity contribution is 0.101. The van der Waals surface area contributed by atoms with E-state index in [4.69, 9.17) is 11.6 Å². The first-order valence-corrected chi connectivity index (χ1v) is 11.6. The van der Waals surface area contributed by atoms with Crippen LogP contribution in [0.3, 0.4) is 0 Å². The van der Waals surface area contributed by atoms with Crippen molar-refractivity contribution in [2.24, 2.45) is 0 Å². The zero-order valence-electron chi connectivity index (χ0n) is 18.9. The molecular weight excluding hydrogens is 488 g/mol. The van der Waals surface area contributed by atoms with Crippen LogP contribution >= 0.6 is 11.6 Å². The third kappa shape index (κ3) is 4.75. The van der Waals surface area contributed by atoms with Gasteiger partial charge >= 0.3 is 0 Å². The molecule has 1 aliphatic rings. The van der Waals surface area contributed by atoms with Crippen molar-refractivity contribution in [2.45, 2.75) is 0 Å². The molecule has 0 atom stereocenters. The van der Waals surface area contributed by atoms with Gasteiger partial charge in [-0.2, -0.15) is 0 Å². The maximum Gasteiger partial charge on any atom is 0.255 e. The smallest absolute Gasteiger partial charge is 0.255 e. The fourth-order valence-electron chi connectivity index (χ4n) is 3.99. The lowest BCUT2D eigenvalue weighted by atomic mass is 10.0. The summed E-state index contributed by atoms with van der Waals surface area (Å²) < 4.78 is 28.6. The van der Waals surface area contributed by atoms with Gasteiger partial charge in [-0.05, 0) is 54.6 Å². The number of ketones is 1. The van der Waals surface area contributed by atoms with Crippen LogP contribution in [0.15, 0.2) is 60.8 Å². The number of benzene rings is 3. The van der Waals surface area contributed by atoms with Gasteiger partial charge < -0.3 is 15.5 Å². The lowest BCUT2D eigenvalue weighted by Gasteiger charge is -2.28. The van der Waals surface area contributed by atoms with E-state index < -0.39 is 23.3 Å². The van der Waals surface area contributed by atoms with Gasteiger partial charge in [0.2, 0.25) is 0 Å². The zero-order chi connectivity index (χ0) is 25.2.